The fourth-order valence-corrected chi connectivity index (χ4v) is 3.30. The van der Waals surface area contributed by atoms with E-state index in [0.717, 1.165) is 13.0 Å². The third-order valence-corrected chi connectivity index (χ3v) is 4.22. The van der Waals surface area contributed by atoms with Gasteiger partial charge in [0.15, 0.2) is 0 Å². The van der Waals surface area contributed by atoms with Crippen molar-refractivity contribution in [3.63, 3.8) is 0 Å². The maximum atomic E-state index is 5.91. The van der Waals surface area contributed by atoms with E-state index in [0.29, 0.717) is 0 Å². The van der Waals surface area contributed by atoms with E-state index >= 15 is 0 Å². The van der Waals surface area contributed by atoms with Crippen LogP contribution in [-0.4, -0.2) is 12.6 Å². The Hall–Kier alpha value is -1.80. The quantitative estimate of drug-likeness (QED) is 0.921. The summed E-state index contributed by atoms with van der Waals surface area (Å²) in [5.41, 5.74) is 12.7. The van der Waals surface area contributed by atoms with Crippen LogP contribution in [0.25, 0.3) is 0 Å². The van der Waals surface area contributed by atoms with Gasteiger partial charge in [-0.15, -0.1) is 0 Å². The zero-order valence-electron chi connectivity index (χ0n) is 13.0. The monoisotopic (exact) mass is 280 g/mol. The molecule has 0 bridgehead atoms. The average molecular weight is 280 g/mol. The molecule has 1 heterocycles. The van der Waals surface area contributed by atoms with Crippen molar-refractivity contribution < 1.29 is 0 Å². The standard InChI is InChI=1S/C19H24N2/c1-14-12-16(13-15(2)20)9-10-18(14)21-11-5-7-17-6-3-4-8-19(17)21/h3-4,6,8-10,12,15H,5,7,11,13,20H2,1-2H3. The number of rotatable bonds is 3. The van der Waals surface area contributed by atoms with Crippen LogP contribution >= 0.6 is 0 Å². The summed E-state index contributed by atoms with van der Waals surface area (Å²) in [6.07, 6.45) is 3.35. The number of hydrogen-bond donors (Lipinski definition) is 1. The summed E-state index contributed by atoms with van der Waals surface area (Å²) in [6.45, 7) is 5.37. The van der Waals surface area contributed by atoms with E-state index in [4.69, 9.17) is 5.73 Å². The second-order valence-electron chi connectivity index (χ2n) is 6.19. The van der Waals surface area contributed by atoms with Crippen molar-refractivity contribution in [2.45, 2.75) is 39.2 Å². The number of nitrogens with zero attached hydrogens (tertiary/aromatic N) is 1. The molecule has 2 aromatic rings. The largest absolute Gasteiger partial charge is 0.341 e. The van der Waals surface area contributed by atoms with Crippen LogP contribution in [0.2, 0.25) is 0 Å². The van der Waals surface area contributed by atoms with Gasteiger partial charge in [0.1, 0.15) is 0 Å². The van der Waals surface area contributed by atoms with E-state index in [1.54, 1.807) is 0 Å². The molecule has 0 saturated heterocycles. The molecule has 2 heteroatoms. The van der Waals surface area contributed by atoms with Gasteiger partial charge in [-0.3, -0.25) is 0 Å². The molecule has 2 aromatic carbocycles. The minimum absolute atomic E-state index is 0.214. The minimum Gasteiger partial charge on any atom is -0.341 e. The molecule has 1 aliphatic rings. The molecule has 0 aromatic heterocycles. The van der Waals surface area contributed by atoms with E-state index in [2.05, 4.69) is 61.2 Å². The van der Waals surface area contributed by atoms with E-state index < -0.39 is 0 Å². The van der Waals surface area contributed by atoms with Gasteiger partial charge in [-0.1, -0.05) is 30.3 Å². The van der Waals surface area contributed by atoms with Crippen LogP contribution in [-0.2, 0) is 12.8 Å². The van der Waals surface area contributed by atoms with Crippen molar-refractivity contribution in [3.8, 4) is 0 Å². The zero-order chi connectivity index (χ0) is 14.8. The van der Waals surface area contributed by atoms with Crippen LogP contribution in [0.5, 0.6) is 0 Å². The molecule has 3 rings (SSSR count). The Morgan fingerprint density at radius 2 is 1.95 bits per heavy atom. The first kappa shape index (κ1) is 14.2. The number of benzene rings is 2. The maximum Gasteiger partial charge on any atom is 0.0443 e. The molecule has 110 valence electrons. The van der Waals surface area contributed by atoms with Crippen LogP contribution in [0.4, 0.5) is 11.4 Å². The lowest BCUT2D eigenvalue weighted by Gasteiger charge is -2.32. The highest BCUT2D eigenvalue weighted by Gasteiger charge is 2.19. The first-order chi connectivity index (χ1) is 10.1. The molecule has 2 nitrogen and oxygen atoms in total. The summed E-state index contributed by atoms with van der Waals surface area (Å²) in [5.74, 6) is 0. The Bertz CT molecular complexity index is 631. The van der Waals surface area contributed by atoms with Gasteiger partial charge in [0, 0.05) is 24.0 Å². The summed E-state index contributed by atoms with van der Waals surface area (Å²) in [7, 11) is 0. The van der Waals surface area contributed by atoms with Gasteiger partial charge in [0.25, 0.3) is 0 Å². The fourth-order valence-electron chi connectivity index (χ4n) is 3.30. The molecule has 0 aliphatic carbocycles. The average Bonchev–Trinajstić information content (AvgIpc) is 2.46. The van der Waals surface area contributed by atoms with Crippen LogP contribution in [0.3, 0.4) is 0 Å². The predicted molar refractivity (Wildman–Crippen MR) is 90.3 cm³/mol. The summed E-state index contributed by atoms with van der Waals surface area (Å²) in [5, 5.41) is 0. The SMILES string of the molecule is Cc1cc(CC(C)N)ccc1N1CCCc2ccccc21. The van der Waals surface area contributed by atoms with Gasteiger partial charge in [-0.2, -0.15) is 0 Å². The molecule has 0 fully saturated rings. The van der Waals surface area contributed by atoms with Crippen LogP contribution in [0, 0.1) is 6.92 Å². The molecule has 1 unspecified atom stereocenters. The first-order valence-electron chi connectivity index (χ1n) is 7.85. The summed E-state index contributed by atoms with van der Waals surface area (Å²) in [4.78, 5) is 2.46. The molecule has 1 aliphatic heterocycles. The Morgan fingerprint density at radius 3 is 2.71 bits per heavy atom. The number of para-hydroxylation sites is 1. The molecule has 0 radical (unpaired) electrons. The molecule has 0 spiro atoms. The predicted octanol–water partition coefficient (Wildman–Crippen LogP) is 3.97. The van der Waals surface area contributed by atoms with Gasteiger partial charge in [-0.05, 0) is 61.9 Å². The Balaban J connectivity index is 1.95. The third kappa shape index (κ3) is 2.96. The highest BCUT2D eigenvalue weighted by Crippen LogP contribution is 2.35. The van der Waals surface area contributed by atoms with Gasteiger partial charge < -0.3 is 10.6 Å². The number of anilines is 2. The van der Waals surface area contributed by atoms with E-state index in [1.807, 2.05) is 0 Å². The van der Waals surface area contributed by atoms with E-state index in [1.165, 1.54) is 40.9 Å². The van der Waals surface area contributed by atoms with E-state index in [-0.39, 0.29) is 6.04 Å². The zero-order valence-corrected chi connectivity index (χ0v) is 13.0. The number of nitrogens with two attached hydrogens (primary N) is 1. The lowest BCUT2D eigenvalue weighted by atomic mass is 9.98. The first-order valence-corrected chi connectivity index (χ1v) is 7.85. The smallest absolute Gasteiger partial charge is 0.0443 e. The molecule has 0 amide bonds. The van der Waals surface area contributed by atoms with Crippen LogP contribution < -0.4 is 10.6 Å². The van der Waals surface area contributed by atoms with Crippen molar-refractivity contribution in [2.75, 3.05) is 11.4 Å². The maximum absolute atomic E-state index is 5.91. The summed E-state index contributed by atoms with van der Waals surface area (Å²) >= 11 is 0. The van der Waals surface area contributed by atoms with Gasteiger partial charge in [0.05, 0.1) is 0 Å². The lowest BCUT2D eigenvalue weighted by Crippen LogP contribution is -2.25. The molecular weight excluding hydrogens is 256 g/mol. The Kier molecular flexibility index (Phi) is 3.98. The molecule has 21 heavy (non-hydrogen) atoms. The summed E-state index contributed by atoms with van der Waals surface area (Å²) in [6, 6.07) is 15.8. The molecule has 0 saturated carbocycles. The third-order valence-electron chi connectivity index (χ3n) is 4.22. The van der Waals surface area contributed by atoms with Gasteiger partial charge >= 0.3 is 0 Å². The Morgan fingerprint density at radius 1 is 1.14 bits per heavy atom. The Labute approximate surface area is 127 Å². The highest BCUT2D eigenvalue weighted by atomic mass is 15.1. The molecule has 1 atom stereocenters. The van der Waals surface area contributed by atoms with Gasteiger partial charge in [0.2, 0.25) is 0 Å². The molecule has 2 N–H and O–H groups in total. The van der Waals surface area contributed by atoms with Crippen molar-refractivity contribution >= 4 is 11.4 Å². The second-order valence-corrected chi connectivity index (χ2v) is 6.19. The normalized spacial score (nSPS) is 15.7. The number of aryl methyl sites for hydroxylation is 2. The van der Waals surface area contributed by atoms with Crippen LogP contribution in [0.1, 0.15) is 30.0 Å². The number of hydrogen-bond acceptors (Lipinski definition) is 2. The topological polar surface area (TPSA) is 29.3 Å². The highest BCUT2D eigenvalue weighted by molar-refractivity contribution is 5.70. The van der Waals surface area contributed by atoms with Crippen molar-refractivity contribution in [3.05, 3.63) is 59.2 Å². The number of fused-ring (bicyclic) bond motifs is 1. The summed E-state index contributed by atoms with van der Waals surface area (Å²) < 4.78 is 0. The van der Waals surface area contributed by atoms with E-state index in [9.17, 15) is 0 Å². The lowest BCUT2D eigenvalue weighted by molar-refractivity contribution is 0.736. The minimum atomic E-state index is 0.214. The van der Waals surface area contributed by atoms with Gasteiger partial charge in [-0.25, -0.2) is 0 Å². The van der Waals surface area contributed by atoms with Crippen molar-refractivity contribution in [2.24, 2.45) is 5.73 Å². The van der Waals surface area contributed by atoms with Crippen LogP contribution in [0.15, 0.2) is 42.5 Å². The second kappa shape index (κ2) is 5.90. The fraction of sp³-hybridized carbons (Fsp3) is 0.368. The molecular formula is C19H24N2. The van der Waals surface area contributed by atoms with Crippen molar-refractivity contribution in [1.29, 1.82) is 0 Å². The van der Waals surface area contributed by atoms with Crippen molar-refractivity contribution in [1.82, 2.24) is 0 Å².